The standard InChI is InChI=1S/C20H20ClF3N6O2/c21-13-7-10(1-2-14(13)22)26-19(29-32)12-8-15(23)16(24)18-17(12)27-20(28-18)25-4-6-30-5-3-11(31)9-30/h1-2,7-8,11,31-32H,3-6,9H2,(H,26,29)(H2,25,27,28). The first-order valence-electron chi connectivity index (χ1n) is 9.82. The Morgan fingerprint density at radius 2 is 2.09 bits per heavy atom. The molecule has 1 aromatic heterocycles. The maximum absolute atomic E-state index is 14.4. The van der Waals surface area contributed by atoms with Gasteiger partial charge in [-0.1, -0.05) is 11.6 Å². The largest absolute Gasteiger partial charge is 0.392 e. The van der Waals surface area contributed by atoms with Gasteiger partial charge in [0.05, 0.1) is 22.3 Å². The number of likely N-dealkylation sites (tertiary alicyclic amines) is 1. The maximum atomic E-state index is 14.4. The van der Waals surface area contributed by atoms with Crippen molar-refractivity contribution in [3.05, 3.63) is 52.3 Å². The van der Waals surface area contributed by atoms with Crippen molar-refractivity contribution in [2.75, 3.05) is 31.5 Å². The number of benzene rings is 2. The Hall–Kier alpha value is -2.86. The van der Waals surface area contributed by atoms with E-state index in [1.54, 1.807) is 0 Å². The summed E-state index contributed by atoms with van der Waals surface area (Å²) in [4.78, 5) is 13.1. The SMILES string of the molecule is ONC(=Nc1ccc(F)c(Cl)c1)c1cc(F)c(F)c2nc(NCCN3CCC(O)C3)[nH]c12. The summed E-state index contributed by atoms with van der Waals surface area (Å²) in [5.41, 5.74) is 1.86. The minimum atomic E-state index is -1.18. The van der Waals surface area contributed by atoms with Crippen LogP contribution in [0.1, 0.15) is 12.0 Å². The number of hydrogen-bond donors (Lipinski definition) is 5. The summed E-state index contributed by atoms with van der Waals surface area (Å²) in [5.74, 6) is -3.01. The van der Waals surface area contributed by atoms with Crippen molar-refractivity contribution in [3.8, 4) is 0 Å². The highest BCUT2D eigenvalue weighted by molar-refractivity contribution is 6.31. The van der Waals surface area contributed by atoms with Gasteiger partial charge in [-0.3, -0.25) is 15.6 Å². The molecule has 32 heavy (non-hydrogen) atoms. The van der Waals surface area contributed by atoms with Crippen LogP contribution < -0.4 is 10.8 Å². The van der Waals surface area contributed by atoms with Crippen molar-refractivity contribution in [3.63, 3.8) is 0 Å². The molecule has 0 radical (unpaired) electrons. The van der Waals surface area contributed by atoms with E-state index in [2.05, 4.69) is 25.2 Å². The average molecular weight is 469 g/mol. The molecule has 2 heterocycles. The molecule has 1 aliphatic heterocycles. The number of nitrogens with zero attached hydrogens (tertiary/aromatic N) is 3. The second-order valence-electron chi connectivity index (χ2n) is 7.37. The molecule has 0 amide bonds. The Kier molecular flexibility index (Phi) is 6.51. The zero-order chi connectivity index (χ0) is 22.8. The van der Waals surface area contributed by atoms with Crippen LogP contribution in [0.5, 0.6) is 0 Å². The van der Waals surface area contributed by atoms with Crippen LogP contribution in [0.15, 0.2) is 29.3 Å². The van der Waals surface area contributed by atoms with Gasteiger partial charge >= 0.3 is 0 Å². The highest BCUT2D eigenvalue weighted by atomic mass is 35.5. The van der Waals surface area contributed by atoms with Crippen LogP contribution in [0, 0.1) is 17.5 Å². The van der Waals surface area contributed by atoms with Crippen LogP contribution in [0.4, 0.5) is 24.8 Å². The van der Waals surface area contributed by atoms with Crippen LogP contribution in [0.3, 0.4) is 0 Å². The molecule has 5 N–H and O–H groups in total. The Bertz CT molecular complexity index is 1170. The molecule has 4 rings (SSSR count). The summed E-state index contributed by atoms with van der Waals surface area (Å²) in [6.45, 7) is 2.46. The van der Waals surface area contributed by atoms with Crippen molar-refractivity contribution in [1.29, 1.82) is 0 Å². The molecule has 1 unspecified atom stereocenters. The Labute approximate surface area is 185 Å². The number of halogens is 4. The number of hydrogen-bond acceptors (Lipinski definition) is 6. The van der Waals surface area contributed by atoms with Crippen molar-refractivity contribution in [2.45, 2.75) is 12.5 Å². The third-order valence-electron chi connectivity index (χ3n) is 5.13. The van der Waals surface area contributed by atoms with E-state index in [1.165, 1.54) is 12.1 Å². The number of aliphatic hydroxyl groups is 1. The second-order valence-corrected chi connectivity index (χ2v) is 7.78. The van der Waals surface area contributed by atoms with Gasteiger partial charge in [0.2, 0.25) is 5.95 Å². The maximum Gasteiger partial charge on any atom is 0.201 e. The first-order chi connectivity index (χ1) is 15.4. The fraction of sp³-hybridized carbons (Fsp3) is 0.300. The first kappa shape index (κ1) is 22.3. The van der Waals surface area contributed by atoms with Gasteiger partial charge in [0.15, 0.2) is 17.5 Å². The van der Waals surface area contributed by atoms with Gasteiger partial charge in [0.1, 0.15) is 11.3 Å². The third kappa shape index (κ3) is 4.65. The Morgan fingerprint density at radius 1 is 1.28 bits per heavy atom. The van der Waals surface area contributed by atoms with Crippen LogP contribution in [0.25, 0.3) is 11.0 Å². The number of aliphatic imine (C=N–C) groups is 1. The molecule has 2 aromatic carbocycles. The van der Waals surface area contributed by atoms with E-state index in [1.807, 2.05) is 5.48 Å². The number of anilines is 1. The summed E-state index contributed by atoms with van der Waals surface area (Å²) in [5, 5.41) is 22.0. The van der Waals surface area contributed by atoms with Gasteiger partial charge in [-0.15, -0.1) is 0 Å². The summed E-state index contributed by atoms with van der Waals surface area (Å²) < 4.78 is 42.0. The Balaban J connectivity index is 1.63. The molecule has 1 aliphatic rings. The molecular formula is C20H20ClF3N6O2. The van der Waals surface area contributed by atoms with E-state index in [9.17, 15) is 23.5 Å². The van der Waals surface area contributed by atoms with E-state index in [-0.39, 0.29) is 45.2 Å². The lowest BCUT2D eigenvalue weighted by atomic mass is 10.1. The number of fused-ring (bicyclic) bond motifs is 1. The van der Waals surface area contributed by atoms with Gasteiger partial charge in [-0.2, -0.15) is 0 Å². The molecule has 1 saturated heterocycles. The second kappa shape index (κ2) is 9.33. The monoisotopic (exact) mass is 468 g/mol. The number of aromatic nitrogens is 2. The molecule has 0 saturated carbocycles. The molecule has 0 spiro atoms. The van der Waals surface area contributed by atoms with Crippen molar-refractivity contribution in [2.24, 2.45) is 4.99 Å². The fourth-order valence-corrected chi connectivity index (χ4v) is 3.72. The third-order valence-corrected chi connectivity index (χ3v) is 5.42. The lowest BCUT2D eigenvalue weighted by molar-refractivity contribution is 0.177. The molecule has 3 aromatic rings. The van der Waals surface area contributed by atoms with Crippen molar-refractivity contribution < 1.29 is 23.5 Å². The van der Waals surface area contributed by atoms with Crippen LogP contribution in [-0.2, 0) is 0 Å². The molecule has 0 aliphatic carbocycles. The number of aromatic amines is 1. The highest BCUT2D eigenvalue weighted by Gasteiger charge is 2.21. The number of hydroxylamine groups is 1. The van der Waals surface area contributed by atoms with E-state index >= 15 is 0 Å². The average Bonchev–Trinajstić information content (AvgIpc) is 3.38. The molecule has 170 valence electrons. The number of aliphatic hydroxyl groups excluding tert-OH is 1. The van der Waals surface area contributed by atoms with Gasteiger partial charge in [0.25, 0.3) is 0 Å². The topological polar surface area (TPSA) is 109 Å². The van der Waals surface area contributed by atoms with Gasteiger partial charge in [-0.25, -0.2) is 23.1 Å². The van der Waals surface area contributed by atoms with Crippen LogP contribution >= 0.6 is 11.6 Å². The summed E-state index contributed by atoms with van der Waals surface area (Å²) in [6.07, 6.45) is 0.383. The number of nitrogens with one attached hydrogen (secondary N) is 3. The van der Waals surface area contributed by atoms with Crippen molar-refractivity contribution >= 4 is 40.1 Å². The number of amidine groups is 1. The molecule has 1 fully saturated rings. The highest BCUT2D eigenvalue weighted by Crippen LogP contribution is 2.27. The van der Waals surface area contributed by atoms with Crippen LogP contribution in [0.2, 0.25) is 5.02 Å². The lowest BCUT2D eigenvalue weighted by Crippen LogP contribution is -2.28. The number of imidazole rings is 1. The Morgan fingerprint density at radius 3 is 2.78 bits per heavy atom. The predicted molar refractivity (Wildman–Crippen MR) is 114 cm³/mol. The predicted octanol–water partition coefficient (Wildman–Crippen LogP) is 3.17. The van der Waals surface area contributed by atoms with E-state index < -0.39 is 17.5 Å². The number of H-pyrrole nitrogens is 1. The van der Waals surface area contributed by atoms with E-state index in [0.717, 1.165) is 18.7 Å². The molecule has 12 heteroatoms. The molecule has 1 atom stereocenters. The van der Waals surface area contributed by atoms with Crippen LogP contribution in [-0.4, -0.2) is 63.3 Å². The van der Waals surface area contributed by atoms with E-state index in [4.69, 9.17) is 11.6 Å². The molecular weight excluding hydrogens is 449 g/mol. The minimum absolute atomic E-state index is 0.00469. The van der Waals surface area contributed by atoms with Gasteiger partial charge in [-0.05, 0) is 30.7 Å². The van der Waals surface area contributed by atoms with Crippen molar-refractivity contribution in [1.82, 2.24) is 20.3 Å². The normalized spacial score (nSPS) is 17.3. The summed E-state index contributed by atoms with van der Waals surface area (Å²) in [6, 6.07) is 4.48. The van der Waals surface area contributed by atoms with Gasteiger partial charge < -0.3 is 15.4 Å². The summed E-state index contributed by atoms with van der Waals surface area (Å²) >= 11 is 5.76. The fourth-order valence-electron chi connectivity index (χ4n) is 3.55. The lowest BCUT2D eigenvalue weighted by Gasteiger charge is -2.14. The quantitative estimate of drug-likeness (QED) is 0.216. The first-order valence-corrected chi connectivity index (χ1v) is 10.2. The minimum Gasteiger partial charge on any atom is -0.392 e. The zero-order valence-corrected chi connectivity index (χ0v) is 17.4. The van der Waals surface area contributed by atoms with E-state index in [0.29, 0.717) is 26.1 Å². The van der Waals surface area contributed by atoms with Gasteiger partial charge in [0, 0.05) is 31.7 Å². The summed E-state index contributed by atoms with van der Waals surface area (Å²) in [7, 11) is 0. The zero-order valence-electron chi connectivity index (χ0n) is 16.7. The number of rotatable bonds is 6. The molecule has 0 bridgehead atoms. The number of β-amino-alcohol motifs (C(OH)–C–C–N with tert-alkyl or cyclic N) is 1. The smallest absolute Gasteiger partial charge is 0.201 e. The molecule has 8 nitrogen and oxygen atoms in total.